The number of ether oxygens (including phenoxy) is 5. The van der Waals surface area contributed by atoms with E-state index < -0.39 is 56.0 Å². The molecule has 7 atom stereocenters. The van der Waals surface area contributed by atoms with Gasteiger partial charge >= 0.3 is 0 Å². The van der Waals surface area contributed by atoms with E-state index >= 15 is 0 Å². The molecule has 0 saturated carbocycles. The van der Waals surface area contributed by atoms with Crippen LogP contribution < -0.4 is 45.0 Å². The van der Waals surface area contributed by atoms with E-state index in [1.54, 1.807) is 43.5 Å². The summed E-state index contributed by atoms with van der Waals surface area (Å²) in [7, 11) is -10.9. The van der Waals surface area contributed by atoms with E-state index in [1.165, 1.54) is 13.2 Å². The Morgan fingerprint density at radius 2 is 0.779 bits per heavy atom. The summed E-state index contributed by atoms with van der Waals surface area (Å²) in [6, 6.07) is 56.4. The minimum atomic E-state index is -3.52. The highest BCUT2D eigenvalue weighted by molar-refractivity contribution is 7.92. The number of sulfone groups is 4. The highest BCUT2D eigenvalue weighted by Crippen LogP contribution is 2.46. The summed E-state index contributed by atoms with van der Waals surface area (Å²) in [6.07, 6.45) is 12.1. The van der Waals surface area contributed by atoms with Crippen LogP contribution in [0.3, 0.4) is 0 Å². The van der Waals surface area contributed by atoms with Crippen molar-refractivity contribution >= 4 is 58.0 Å². The van der Waals surface area contributed by atoms with E-state index in [4.69, 9.17) is 23.7 Å². The zero-order valence-electron chi connectivity index (χ0n) is 68.1. The number of methoxy groups -OCH3 is 2. The lowest BCUT2D eigenvalue weighted by molar-refractivity contribution is 0.112. The van der Waals surface area contributed by atoms with Gasteiger partial charge in [-0.1, -0.05) is 227 Å². The average Bonchev–Trinajstić information content (AvgIpc) is 1.67. The molecule has 23 heteroatoms. The fraction of sp³-hybridized carbons (Fsp3) is 0.456. The number of rotatable bonds is 26. The third kappa shape index (κ3) is 22.1. The first-order valence-corrected chi connectivity index (χ1v) is 46.5. The molecule has 0 saturated heterocycles. The van der Waals surface area contributed by atoms with Crippen LogP contribution in [0.1, 0.15) is 239 Å². The first kappa shape index (κ1) is 90.9. The minimum Gasteiger partial charge on any atom is -0.493 e. The fourth-order valence-electron chi connectivity index (χ4n) is 15.8. The van der Waals surface area contributed by atoms with E-state index in [9.17, 15) is 38.5 Å². The quantitative estimate of drug-likeness (QED) is 0.0368. The van der Waals surface area contributed by atoms with Gasteiger partial charge in [-0.05, 0) is 147 Å². The Hall–Kier alpha value is -7.64. The summed E-state index contributed by atoms with van der Waals surface area (Å²) in [6.45, 7) is 23.2. The normalized spacial score (nSPS) is 21.9. The Morgan fingerprint density at radius 1 is 0.416 bits per heavy atom. The summed E-state index contributed by atoms with van der Waals surface area (Å²) in [5.74, 6) is 2.91. The second-order valence-corrected chi connectivity index (χ2v) is 37.9. The molecule has 0 aliphatic carbocycles. The molecule has 4 heterocycles. The fourth-order valence-corrected chi connectivity index (χ4v) is 24.1. The number of carbonyl (C=O) groups is 1. The summed E-state index contributed by atoms with van der Waals surface area (Å²) in [5.41, 5.74) is 6.07. The van der Waals surface area contributed by atoms with Gasteiger partial charge in [0.2, 0.25) is 0 Å². The summed E-state index contributed by atoms with van der Waals surface area (Å²) >= 11 is 0. The van der Waals surface area contributed by atoms with Crippen LogP contribution in [0.15, 0.2) is 202 Å². The van der Waals surface area contributed by atoms with Crippen LogP contribution in [-0.4, -0.2) is 119 Å². The average molecular weight is 1640 g/mol. The number of carbonyl (C=O) groups excluding carboxylic acids is 1. The second kappa shape index (κ2) is 40.8. The predicted molar refractivity (Wildman–Crippen MR) is 455 cm³/mol. The highest BCUT2D eigenvalue weighted by atomic mass is 35.5. The molecule has 0 amide bonds. The van der Waals surface area contributed by atoms with Crippen molar-refractivity contribution in [3.8, 4) is 28.7 Å². The SMILES string of the molecule is CCC1(CC)CS(=O)(=O)c2cc(OC)c(OC)cc2C(c2ccccc2)N1.CCCCC1CS(=O)(=O)c2cc(OCC)c(OCC)cc2[C@@H](c2ccccc2)N1.CCCC[C@]1(CC)CS(=O)(=O)c2cc(C=O)ccc2[C@@H](c2ccccc2)N1.CCCC[C@]1(CC)CS(=O)(=O)c2cc(OC(C)C)ccc2[C@@H](c2ccccc2)N1.Cl. The molecular formula is C90H119ClN4O14S4. The van der Waals surface area contributed by atoms with E-state index in [1.807, 2.05) is 176 Å². The number of fused-ring (bicyclic) bond motifs is 4. The molecule has 0 radical (unpaired) electrons. The summed E-state index contributed by atoms with van der Waals surface area (Å²) < 4.78 is 135. The first-order valence-electron chi connectivity index (χ1n) is 39.9. The van der Waals surface area contributed by atoms with Crippen molar-refractivity contribution in [2.45, 2.75) is 232 Å². The molecule has 12 rings (SSSR count). The lowest BCUT2D eigenvalue weighted by Gasteiger charge is -2.35. The first-order chi connectivity index (χ1) is 53.6. The predicted octanol–water partition coefficient (Wildman–Crippen LogP) is 18.2. The van der Waals surface area contributed by atoms with Crippen LogP contribution in [-0.2, 0) is 39.3 Å². The topological polar surface area (TPSA) is 248 Å². The molecule has 0 fully saturated rings. The standard InChI is InChI=1S/C24H33NO3S.C23H31NO4S.C22H27NO3S.C21H27NO4S.ClH/c1-5-7-15-24(6-2)17-29(26,27)22-16-20(28-18(3)4)13-14-21(22)23(25-24)19-11-9-8-10-12-19;1-4-7-13-18-16-29(25,26)22-15-21(28-6-3)20(27-5-2)14-19(22)23(24-18)17-11-9-8-10-12-17;1-3-5-13-22(4-2)16-27(25,26)20-14-17(15-24)11-12-19(20)21(23-22)18-9-7-6-8-10-18;1-5-21(6-2)14-27(23,24)19-13-18(26-4)17(25-3)12-16(19)20(22-21)15-10-8-7-9-11-15;/h8-14,16,18,23,25H,5-7,15,17H2,1-4H3;8-12,14-15,18,23-24H,4-7,13,16H2,1-3H3;6-12,14-15,21,23H,3-5,13,16H2,1-2H3;7-13,20,22H,5-6,14H2,1-4H3;1H/t23-,24-;18?,23-;21-,22-;;/m111../s1. The van der Waals surface area contributed by atoms with Crippen LogP contribution in [0.25, 0.3) is 0 Å². The van der Waals surface area contributed by atoms with Crippen molar-refractivity contribution in [2.75, 3.05) is 50.4 Å². The van der Waals surface area contributed by atoms with Gasteiger partial charge in [0.05, 0.1) is 100 Å². The van der Waals surface area contributed by atoms with Crippen molar-refractivity contribution in [2.24, 2.45) is 0 Å². The van der Waals surface area contributed by atoms with Gasteiger partial charge in [0.25, 0.3) is 0 Å². The molecule has 4 aliphatic rings. The number of unbranched alkanes of at least 4 members (excludes halogenated alkanes) is 3. The van der Waals surface area contributed by atoms with Gasteiger partial charge in [-0.3, -0.25) is 20.7 Å². The molecule has 18 nitrogen and oxygen atoms in total. The highest BCUT2D eigenvalue weighted by Gasteiger charge is 2.46. The maximum Gasteiger partial charge on any atom is 0.180 e. The largest absolute Gasteiger partial charge is 0.493 e. The maximum atomic E-state index is 13.5. The van der Waals surface area contributed by atoms with Gasteiger partial charge in [0, 0.05) is 40.4 Å². The molecule has 4 aliphatic heterocycles. The van der Waals surface area contributed by atoms with Crippen molar-refractivity contribution in [3.63, 3.8) is 0 Å². The number of benzene rings is 8. The van der Waals surface area contributed by atoms with Gasteiger partial charge in [0.1, 0.15) is 12.0 Å². The molecule has 0 spiro atoms. The summed E-state index contributed by atoms with van der Waals surface area (Å²) in [5, 5.41) is 14.8. The monoisotopic (exact) mass is 1640 g/mol. The van der Waals surface area contributed by atoms with Crippen LogP contribution in [0.4, 0.5) is 0 Å². The molecule has 4 N–H and O–H groups in total. The lowest BCUT2D eigenvalue weighted by Crippen LogP contribution is -2.50. The van der Waals surface area contributed by atoms with Crippen molar-refractivity contribution < 1.29 is 62.2 Å². The third-order valence-corrected chi connectivity index (χ3v) is 29.8. The van der Waals surface area contributed by atoms with Gasteiger partial charge in [-0.15, -0.1) is 12.4 Å². The molecule has 2 unspecified atom stereocenters. The second-order valence-electron chi connectivity index (χ2n) is 30.1. The zero-order chi connectivity index (χ0) is 81.1. The van der Waals surface area contributed by atoms with E-state index in [-0.39, 0.29) is 76.6 Å². The van der Waals surface area contributed by atoms with E-state index in [0.717, 1.165) is 110 Å². The molecule has 113 heavy (non-hydrogen) atoms. The third-order valence-electron chi connectivity index (χ3n) is 22.0. The molecule has 0 bridgehead atoms. The Kier molecular flexibility index (Phi) is 32.8. The van der Waals surface area contributed by atoms with Crippen molar-refractivity contribution in [1.29, 1.82) is 0 Å². The van der Waals surface area contributed by atoms with Gasteiger partial charge in [-0.2, -0.15) is 0 Å². The van der Waals surface area contributed by atoms with Crippen LogP contribution in [0, 0.1) is 0 Å². The molecule has 0 aromatic heterocycles. The number of hydrogen-bond acceptors (Lipinski definition) is 18. The summed E-state index contributed by atoms with van der Waals surface area (Å²) in [4.78, 5) is 12.6. The maximum absolute atomic E-state index is 13.5. The van der Waals surface area contributed by atoms with Crippen LogP contribution in [0.2, 0.25) is 0 Å². The van der Waals surface area contributed by atoms with Crippen molar-refractivity contribution in [3.05, 3.63) is 232 Å². The van der Waals surface area contributed by atoms with Crippen LogP contribution >= 0.6 is 12.4 Å². The minimum absolute atomic E-state index is 0. The van der Waals surface area contributed by atoms with E-state index in [2.05, 4.69) is 61.1 Å². The number of nitrogens with one attached hydrogen (secondary N) is 4. The van der Waals surface area contributed by atoms with Gasteiger partial charge in [-0.25, -0.2) is 33.7 Å². The Labute approximate surface area is 680 Å². The molecule has 8 aromatic rings. The zero-order valence-corrected chi connectivity index (χ0v) is 72.1. The van der Waals surface area contributed by atoms with Gasteiger partial charge < -0.3 is 29.0 Å². The smallest absolute Gasteiger partial charge is 0.180 e. The number of halogens is 1. The van der Waals surface area contributed by atoms with Crippen molar-refractivity contribution in [1.82, 2.24) is 21.3 Å². The van der Waals surface area contributed by atoms with Crippen LogP contribution in [0.5, 0.6) is 28.7 Å². The number of hydrogen-bond donors (Lipinski definition) is 4. The van der Waals surface area contributed by atoms with E-state index in [0.29, 0.717) is 86.9 Å². The molecule has 8 aromatic carbocycles. The number of aldehydes is 1. The molecular weight excluding hydrogens is 1520 g/mol. The van der Waals surface area contributed by atoms with Gasteiger partial charge in [0.15, 0.2) is 62.3 Å². The Balaban J connectivity index is 0.000000188. The lowest BCUT2D eigenvalue weighted by atomic mass is 9.88. The Bertz CT molecular complexity index is 4890. The molecule has 614 valence electrons. The Morgan fingerprint density at radius 3 is 1.20 bits per heavy atom.